The normalized spacial score (nSPS) is 11.0. The first-order chi connectivity index (χ1) is 14.1. The van der Waals surface area contributed by atoms with Crippen molar-refractivity contribution in [3.8, 4) is 5.75 Å². The van der Waals surface area contributed by atoms with Gasteiger partial charge in [0.1, 0.15) is 11.6 Å². The third-order valence-corrected chi connectivity index (χ3v) is 5.47. The lowest BCUT2D eigenvalue weighted by molar-refractivity contribution is -0.120. The number of hydrogen-bond donors (Lipinski definition) is 0. The topological polar surface area (TPSA) is 60.2 Å². The minimum Gasteiger partial charge on any atom is -0.483 e. The predicted molar refractivity (Wildman–Crippen MR) is 111 cm³/mol. The number of hydrogen-bond acceptors (Lipinski definition) is 5. The van der Waals surface area contributed by atoms with E-state index in [1.807, 2.05) is 43.5 Å². The molecule has 0 aliphatic carbocycles. The van der Waals surface area contributed by atoms with E-state index in [0.717, 1.165) is 5.56 Å². The molecule has 148 valence electrons. The number of fused-ring (bicyclic) bond motifs is 1. The number of aromatic nitrogens is 3. The van der Waals surface area contributed by atoms with Gasteiger partial charge < -0.3 is 4.74 Å². The van der Waals surface area contributed by atoms with Crippen molar-refractivity contribution in [1.82, 2.24) is 14.8 Å². The Hall–Kier alpha value is -3.26. The average Bonchev–Trinajstić information content (AvgIpc) is 3.37. The molecular weight excluding hydrogens is 391 g/mol. The molecule has 8 heteroatoms. The van der Waals surface area contributed by atoms with Crippen LogP contribution in [0.25, 0.3) is 10.2 Å². The van der Waals surface area contributed by atoms with Crippen LogP contribution in [0.2, 0.25) is 0 Å². The predicted octanol–water partition coefficient (Wildman–Crippen LogP) is 4.05. The second-order valence-corrected chi connectivity index (χ2v) is 7.49. The third kappa shape index (κ3) is 4.43. The van der Waals surface area contributed by atoms with E-state index in [0.29, 0.717) is 34.2 Å². The molecule has 2 heterocycles. The molecule has 0 saturated heterocycles. The fourth-order valence-electron chi connectivity index (χ4n) is 2.90. The summed E-state index contributed by atoms with van der Waals surface area (Å²) in [7, 11) is 0. The number of nitrogens with zero attached hydrogens (tertiary/aromatic N) is 4. The Labute approximate surface area is 171 Å². The molecule has 0 N–H and O–H groups in total. The largest absolute Gasteiger partial charge is 0.483 e. The fraction of sp³-hybridized carbons (Fsp3) is 0.190. The van der Waals surface area contributed by atoms with E-state index in [1.54, 1.807) is 21.8 Å². The molecule has 0 aliphatic heterocycles. The van der Waals surface area contributed by atoms with E-state index in [9.17, 15) is 9.18 Å². The lowest BCUT2D eigenvalue weighted by Gasteiger charge is -2.20. The number of carbonyl (C=O) groups excluding carboxylic acids is 1. The molecule has 0 bridgehead atoms. The number of aryl methyl sites for hydroxylation is 1. The first kappa shape index (κ1) is 19.1. The number of carbonyl (C=O) groups is 1. The molecule has 2 aromatic heterocycles. The van der Waals surface area contributed by atoms with Crippen LogP contribution in [0.1, 0.15) is 5.56 Å². The summed E-state index contributed by atoms with van der Waals surface area (Å²) >= 11 is 1.28. The Kier molecular flexibility index (Phi) is 5.53. The number of thiazole rings is 1. The SMILES string of the molecule is Cc1ccccc1OCC(=O)N(CCn1cccn1)c1nc2ccc(F)cc2s1. The van der Waals surface area contributed by atoms with E-state index in [1.165, 1.54) is 23.5 Å². The quantitative estimate of drug-likeness (QED) is 0.461. The van der Waals surface area contributed by atoms with Crippen LogP contribution in [0.3, 0.4) is 0 Å². The standard InChI is InChI=1S/C21H19FN4O2S/c1-15-5-2-3-6-18(15)28-14-20(27)26(12-11-25-10-4-9-23-25)21-24-17-8-7-16(22)13-19(17)29-21/h2-10,13H,11-12,14H2,1H3. The van der Waals surface area contributed by atoms with E-state index < -0.39 is 0 Å². The maximum atomic E-state index is 13.6. The third-order valence-electron chi connectivity index (χ3n) is 4.43. The van der Waals surface area contributed by atoms with Gasteiger partial charge in [0.05, 0.1) is 16.8 Å². The molecule has 2 aromatic carbocycles. The zero-order valence-corrected chi connectivity index (χ0v) is 16.6. The number of ether oxygens (including phenoxy) is 1. The summed E-state index contributed by atoms with van der Waals surface area (Å²) in [6.07, 6.45) is 3.52. The summed E-state index contributed by atoms with van der Waals surface area (Å²) in [5.74, 6) is 0.115. The number of benzene rings is 2. The maximum Gasteiger partial charge on any atom is 0.266 e. The van der Waals surface area contributed by atoms with Gasteiger partial charge in [-0.3, -0.25) is 14.4 Å². The second kappa shape index (κ2) is 8.40. The van der Waals surface area contributed by atoms with Crippen LogP contribution in [0, 0.1) is 12.7 Å². The summed E-state index contributed by atoms with van der Waals surface area (Å²) in [5.41, 5.74) is 1.61. The first-order valence-electron chi connectivity index (χ1n) is 9.12. The highest BCUT2D eigenvalue weighted by molar-refractivity contribution is 7.22. The summed E-state index contributed by atoms with van der Waals surface area (Å²) in [6.45, 7) is 2.69. The molecule has 1 amide bonds. The monoisotopic (exact) mass is 410 g/mol. The van der Waals surface area contributed by atoms with Crippen molar-refractivity contribution in [3.05, 3.63) is 72.3 Å². The average molecular weight is 410 g/mol. The summed E-state index contributed by atoms with van der Waals surface area (Å²) in [5, 5.41) is 4.69. The van der Waals surface area contributed by atoms with Crippen LogP contribution in [-0.2, 0) is 11.3 Å². The molecule has 4 aromatic rings. The molecule has 0 aliphatic rings. The molecule has 0 spiro atoms. The molecule has 0 radical (unpaired) electrons. The summed E-state index contributed by atoms with van der Waals surface area (Å²) in [6, 6.07) is 13.8. The first-order valence-corrected chi connectivity index (χ1v) is 9.94. The molecule has 0 saturated carbocycles. The van der Waals surface area contributed by atoms with Crippen molar-refractivity contribution in [3.63, 3.8) is 0 Å². The summed E-state index contributed by atoms with van der Waals surface area (Å²) < 4.78 is 21.7. The zero-order valence-electron chi connectivity index (χ0n) is 15.8. The van der Waals surface area contributed by atoms with Gasteiger partial charge in [0.2, 0.25) is 0 Å². The molecule has 0 atom stereocenters. The summed E-state index contributed by atoms with van der Waals surface area (Å²) in [4.78, 5) is 19.1. The number of amides is 1. The van der Waals surface area contributed by atoms with Gasteiger partial charge in [0.15, 0.2) is 11.7 Å². The van der Waals surface area contributed by atoms with Crippen LogP contribution < -0.4 is 9.64 Å². The van der Waals surface area contributed by atoms with Crippen molar-refractivity contribution >= 4 is 32.6 Å². The van der Waals surface area contributed by atoms with Gasteiger partial charge in [-0.1, -0.05) is 29.5 Å². The Morgan fingerprint density at radius 1 is 1.24 bits per heavy atom. The Bertz CT molecular complexity index is 1130. The molecule has 4 rings (SSSR count). The van der Waals surface area contributed by atoms with Gasteiger partial charge in [0.25, 0.3) is 5.91 Å². The molecule has 29 heavy (non-hydrogen) atoms. The van der Waals surface area contributed by atoms with Crippen LogP contribution >= 0.6 is 11.3 Å². The minimum atomic E-state index is -0.329. The highest BCUT2D eigenvalue weighted by Crippen LogP contribution is 2.29. The Balaban J connectivity index is 1.56. The maximum absolute atomic E-state index is 13.6. The van der Waals surface area contributed by atoms with E-state index >= 15 is 0 Å². The zero-order chi connectivity index (χ0) is 20.2. The van der Waals surface area contributed by atoms with Crippen LogP contribution in [0.5, 0.6) is 5.75 Å². The number of halogens is 1. The highest BCUT2D eigenvalue weighted by atomic mass is 32.1. The Morgan fingerprint density at radius 3 is 2.90 bits per heavy atom. The fourth-order valence-corrected chi connectivity index (χ4v) is 3.93. The van der Waals surface area contributed by atoms with Gasteiger partial charge in [-0.05, 0) is 42.8 Å². The minimum absolute atomic E-state index is 0.117. The van der Waals surface area contributed by atoms with Crippen molar-refractivity contribution in [2.24, 2.45) is 0 Å². The van der Waals surface area contributed by atoms with Gasteiger partial charge in [-0.2, -0.15) is 5.10 Å². The smallest absolute Gasteiger partial charge is 0.266 e. The van der Waals surface area contributed by atoms with E-state index in [4.69, 9.17) is 4.74 Å². The number of para-hydroxylation sites is 1. The van der Waals surface area contributed by atoms with Gasteiger partial charge >= 0.3 is 0 Å². The molecular formula is C21H19FN4O2S. The van der Waals surface area contributed by atoms with E-state index in [-0.39, 0.29) is 18.3 Å². The lowest BCUT2D eigenvalue weighted by atomic mass is 10.2. The number of rotatable bonds is 7. The number of anilines is 1. The van der Waals surface area contributed by atoms with Crippen molar-refractivity contribution in [2.45, 2.75) is 13.5 Å². The molecule has 0 unspecified atom stereocenters. The van der Waals surface area contributed by atoms with Gasteiger partial charge in [-0.25, -0.2) is 9.37 Å². The van der Waals surface area contributed by atoms with E-state index in [2.05, 4.69) is 10.1 Å². The van der Waals surface area contributed by atoms with Gasteiger partial charge in [-0.15, -0.1) is 0 Å². The van der Waals surface area contributed by atoms with Crippen molar-refractivity contribution in [1.29, 1.82) is 0 Å². The van der Waals surface area contributed by atoms with Gasteiger partial charge in [0, 0.05) is 18.9 Å². The molecule has 0 fully saturated rings. The second-order valence-electron chi connectivity index (χ2n) is 6.48. The lowest BCUT2D eigenvalue weighted by Crippen LogP contribution is -2.37. The van der Waals surface area contributed by atoms with Crippen LogP contribution in [0.4, 0.5) is 9.52 Å². The van der Waals surface area contributed by atoms with Crippen molar-refractivity contribution in [2.75, 3.05) is 18.1 Å². The van der Waals surface area contributed by atoms with Crippen LogP contribution in [-0.4, -0.2) is 33.8 Å². The van der Waals surface area contributed by atoms with Crippen LogP contribution in [0.15, 0.2) is 60.9 Å². The Morgan fingerprint density at radius 2 is 2.10 bits per heavy atom. The molecule has 6 nitrogen and oxygen atoms in total. The highest BCUT2D eigenvalue weighted by Gasteiger charge is 2.21. The van der Waals surface area contributed by atoms with Crippen molar-refractivity contribution < 1.29 is 13.9 Å².